The van der Waals surface area contributed by atoms with E-state index in [0.29, 0.717) is 6.54 Å². The van der Waals surface area contributed by atoms with Gasteiger partial charge in [-0.05, 0) is 30.9 Å². The van der Waals surface area contributed by atoms with Crippen LogP contribution < -0.4 is 0 Å². The minimum Gasteiger partial charge on any atom is -0.480 e. The molecule has 102 valence electrons. The number of carbonyl (C=O) groups is 1. The van der Waals surface area contributed by atoms with Gasteiger partial charge in [-0.1, -0.05) is 49.4 Å². The van der Waals surface area contributed by atoms with Crippen LogP contribution in [-0.2, 0) is 4.79 Å². The van der Waals surface area contributed by atoms with Crippen LogP contribution in [-0.4, -0.2) is 35.1 Å². The Bertz CT molecular complexity index is 441. The maximum Gasteiger partial charge on any atom is 0.321 e. The van der Waals surface area contributed by atoms with Crippen LogP contribution in [0.15, 0.2) is 36.4 Å². The van der Waals surface area contributed by atoms with E-state index in [1.165, 1.54) is 0 Å². The van der Waals surface area contributed by atoms with Crippen LogP contribution in [0.4, 0.5) is 0 Å². The highest BCUT2D eigenvalue weighted by molar-refractivity contribution is 5.74. The first-order chi connectivity index (χ1) is 9.18. The van der Waals surface area contributed by atoms with Crippen LogP contribution in [0.25, 0.3) is 6.08 Å². The molecule has 1 saturated heterocycles. The van der Waals surface area contributed by atoms with Crippen molar-refractivity contribution in [1.82, 2.24) is 4.90 Å². The van der Waals surface area contributed by atoms with Crippen molar-refractivity contribution in [2.24, 2.45) is 5.92 Å². The molecular formula is C16H21NO2. The molecule has 1 fully saturated rings. The average Bonchev–Trinajstić information content (AvgIpc) is 2.39. The smallest absolute Gasteiger partial charge is 0.321 e. The molecule has 2 atom stereocenters. The Hall–Kier alpha value is -1.61. The molecule has 1 aromatic carbocycles. The quantitative estimate of drug-likeness (QED) is 0.904. The topological polar surface area (TPSA) is 40.5 Å². The Labute approximate surface area is 114 Å². The van der Waals surface area contributed by atoms with Gasteiger partial charge in [0, 0.05) is 6.54 Å². The zero-order chi connectivity index (χ0) is 13.7. The second kappa shape index (κ2) is 6.53. The second-order valence-corrected chi connectivity index (χ2v) is 5.21. The Morgan fingerprint density at radius 1 is 1.42 bits per heavy atom. The van der Waals surface area contributed by atoms with Crippen molar-refractivity contribution >= 4 is 12.0 Å². The van der Waals surface area contributed by atoms with Crippen molar-refractivity contribution in [2.75, 3.05) is 13.1 Å². The van der Waals surface area contributed by atoms with Crippen LogP contribution in [0.2, 0.25) is 0 Å². The molecule has 1 aliphatic heterocycles. The van der Waals surface area contributed by atoms with E-state index < -0.39 is 5.97 Å². The van der Waals surface area contributed by atoms with E-state index in [1.807, 2.05) is 37.3 Å². The fourth-order valence-corrected chi connectivity index (χ4v) is 2.77. The summed E-state index contributed by atoms with van der Waals surface area (Å²) in [6.45, 7) is 3.61. The number of likely N-dealkylation sites (tertiary alicyclic amines) is 1. The fourth-order valence-electron chi connectivity index (χ4n) is 2.77. The molecule has 2 unspecified atom stereocenters. The first-order valence-electron chi connectivity index (χ1n) is 6.87. The number of carboxylic acids is 1. The molecule has 0 aliphatic carbocycles. The minimum atomic E-state index is -0.694. The van der Waals surface area contributed by atoms with Gasteiger partial charge in [-0.2, -0.15) is 0 Å². The Kier molecular flexibility index (Phi) is 4.74. The number of nitrogens with zero attached hydrogens (tertiary/aromatic N) is 1. The molecule has 0 bridgehead atoms. The number of carboxylic acid groups (broad SMARTS) is 1. The van der Waals surface area contributed by atoms with Crippen molar-refractivity contribution in [3.05, 3.63) is 42.0 Å². The van der Waals surface area contributed by atoms with Gasteiger partial charge in [-0.15, -0.1) is 0 Å². The number of benzene rings is 1. The van der Waals surface area contributed by atoms with Crippen LogP contribution in [0, 0.1) is 5.92 Å². The Morgan fingerprint density at radius 3 is 2.84 bits per heavy atom. The molecule has 0 spiro atoms. The van der Waals surface area contributed by atoms with Gasteiger partial charge in [-0.3, -0.25) is 9.69 Å². The molecule has 3 heteroatoms. The minimum absolute atomic E-state index is 0.233. The Morgan fingerprint density at radius 2 is 2.16 bits per heavy atom. The van der Waals surface area contributed by atoms with Gasteiger partial charge < -0.3 is 5.11 Å². The highest BCUT2D eigenvalue weighted by Gasteiger charge is 2.33. The SMILES string of the molecule is CC1CCCN(C/C=C/c2ccccc2)C1C(=O)O. The summed E-state index contributed by atoms with van der Waals surface area (Å²) in [5.41, 5.74) is 1.15. The molecule has 1 aromatic rings. The van der Waals surface area contributed by atoms with Crippen molar-refractivity contribution in [1.29, 1.82) is 0 Å². The van der Waals surface area contributed by atoms with Crippen molar-refractivity contribution < 1.29 is 9.90 Å². The fraction of sp³-hybridized carbons (Fsp3) is 0.438. The lowest BCUT2D eigenvalue weighted by Gasteiger charge is -2.36. The summed E-state index contributed by atoms with van der Waals surface area (Å²) >= 11 is 0. The van der Waals surface area contributed by atoms with Gasteiger partial charge in [-0.25, -0.2) is 0 Å². The second-order valence-electron chi connectivity index (χ2n) is 5.21. The summed E-state index contributed by atoms with van der Waals surface area (Å²) in [5.74, 6) is -0.461. The molecule has 3 nitrogen and oxygen atoms in total. The van der Waals surface area contributed by atoms with Crippen LogP contribution >= 0.6 is 0 Å². The molecular weight excluding hydrogens is 238 g/mol. The zero-order valence-corrected chi connectivity index (χ0v) is 11.3. The first kappa shape index (κ1) is 13.8. The molecule has 0 amide bonds. The standard InChI is InChI=1S/C16H21NO2/c1-13-7-5-11-17(15(13)16(18)19)12-6-10-14-8-3-2-4-9-14/h2-4,6,8-10,13,15H,5,7,11-12H2,1H3,(H,18,19)/b10-6+. The molecule has 19 heavy (non-hydrogen) atoms. The van der Waals surface area contributed by atoms with E-state index in [9.17, 15) is 9.90 Å². The normalized spacial score (nSPS) is 24.7. The third-order valence-corrected chi connectivity index (χ3v) is 3.74. The first-order valence-corrected chi connectivity index (χ1v) is 6.87. The highest BCUT2D eigenvalue weighted by Crippen LogP contribution is 2.23. The van der Waals surface area contributed by atoms with Gasteiger partial charge in [0.15, 0.2) is 0 Å². The zero-order valence-electron chi connectivity index (χ0n) is 11.3. The van der Waals surface area contributed by atoms with E-state index in [-0.39, 0.29) is 12.0 Å². The largest absolute Gasteiger partial charge is 0.480 e. The van der Waals surface area contributed by atoms with Gasteiger partial charge in [0.05, 0.1) is 0 Å². The van der Waals surface area contributed by atoms with E-state index in [1.54, 1.807) is 0 Å². The number of aliphatic carboxylic acids is 1. The number of hydrogen-bond acceptors (Lipinski definition) is 2. The number of piperidine rings is 1. The van der Waals surface area contributed by atoms with Gasteiger partial charge in [0.1, 0.15) is 6.04 Å². The van der Waals surface area contributed by atoms with E-state index in [4.69, 9.17) is 0 Å². The summed E-state index contributed by atoms with van der Waals surface area (Å²) in [6.07, 6.45) is 6.21. The number of hydrogen-bond donors (Lipinski definition) is 1. The summed E-state index contributed by atoms with van der Waals surface area (Å²) in [6, 6.07) is 9.75. The van der Waals surface area contributed by atoms with E-state index in [2.05, 4.69) is 17.1 Å². The van der Waals surface area contributed by atoms with Gasteiger partial charge >= 0.3 is 5.97 Å². The van der Waals surface area contributed by atoms with Crippen LogP contribution in [0.1, 0.15) is 25.3 Å². The third kappa shape index (κ3) is 3.67. The lowest BCUT2D eigenvalue weighted by atomic mass is 9.91. The van der Waals surface area contributed by atoms with Gasteiger partial charge in [0.2, 0.25) is 0 Å². The predicted molar refractivity (Wildman–Crippen MR) is 76.9 cm³/mol. The molecule has 0 saturated carbocycles. The van der Waals surface area contributed by atoms with Crippen molar-refractivity contribution in [3.8, 4) is 0 Å². The predicted octanol–water partition coefficient (Wildman–Crippen LogP) is 2.88. The summed E-state index contributed by atoms with van der Waals surface area (Å²) in [5, 5.41) is 9.33. The molecule has 1 heterocycles. The Balaban J connectivity index is 1.97. The maximum atomic E-state index is 11.3. The summed E-state index contributed by atoms with van der Waals surface area (Å²) in [7, 11) is 0. The maximum absolute atomic E-state index is 11.3. The summed E-state index contributed by atoms with van der Waals surface area (Å²) < 4.78 is 0. The molecule has 1 N–H and O–H groups in total. The monoisotopic (exact) mass is 259 g/mol. The molecule has 0 radical (unpaired) electrons. The average molecular weight is 259 g/mol. The highest BCUT2D eigenvalue weighted by atomic mass is 16.4. The lowest BCUT2D eigenvalue weighted by molar-refractivity contribution is -0.146. The van der Waals surface area contributed by atoms with Crippen molar-refractivity contribution in [2.45, 2.75) is 25.8 Å². The molecule has 2 rings (SSSR count). The van der Waals surface area contributed by atoms with E-state index in [0.717, 1.165) is 24.9 Å². The number of rotatable bonds is 4. The third-order valence-electron chi connectivity index (χ3n) is 3.74. The van der Waals surface area contributed by atoms with E-state index >= 15 is 0 Å². The molecule has 1 aliphatic rings. The lowest BCUT2D eigenvalue weighted by Crippen LogP contribution is -2.49. The van der Waals surface area contributed by atoms with Crippen molar-refractivity contribution in [3.63, 3.8) is 0 Å². The van der Waals surface area contributed by atoms with Crippen LogP contribution in [0.3, 0.4) is 0 Å². The molecule has 0 aromatic heterocycles. The summed E-state index contributed by atoms with van der Waals surface area (Å²) in [4.78, 5) is 13.4. The van der Waals surface area contributed by atoms with Gasteiger partial charge in [0.25, 0.3) is 0 Å². The van der Waals surface area contributed by atoms with Crippen LogP contribution in [0.5, 0.6) is 0 Å².